The maximum Gasteiger partial charge on any atom is 0.112 e. The fourth-order valence-corrected chi connectivity index (χ4v) is 2.09. The lowest BCUT2D eigenvalue weighted by Crippen LogP contribution is -1.94. The molecule has 0 aliphatic rings. The van der Waals surface area contributed by atoms with Crippen LogP contribution in [0.2, 0.25) is 0 Å². The molecule has 0 aromatic heterocycles. The second kappa shape index (κ2) is 9.59. The molecule has 0 amide bonds. The average Bonchev–Trinajstić information content (AvgIpc) is 2.56. The topological polar surface area (TPSA) is 18.5 Å². The molecule has 0 bridgehead atoms. The monoisotopic (exact) mass is 296 g/mol. The summed E-state index contributed by atoms with van der Waals surface area (Å²) in [5.74, 6) is 0.596. The van der Waals surface area contributed by atoms with Gasteiger partial charge in [-0.3, -0.25) is 0 Å². The zero-order valence-corrected chi connectivity index (χ0v) is 13.6. The highest BCUT2D eigenvalue weighted by Gasteiger charge is 2.08. The van der Waals surface area contributed by atoms with Crippen LogP contribution in [0.25, 0.3) is 11.1 Å². The summed E-state index contributed by atoms with van der Waals surface area (Å²) >= 11 is 0. The maximum atomic E-state index is 5.17. The summed E-state index contributed by atoms with van der Waals surface area (Å²) in [6.07, 6.45) is 9.85. The molecule has 0 spiro atoms. The SMILES string of the molecule is C=C/C(=C\C(=C)OC)c1ccccc1C(/C=C\C)=C/COC. The molecule has 0 atom stereocenters. The molecule has 0 aliphatic heterocycles. The third-order valence-corrected chi connectivity index (χ3v) is 3.16. The van der Waals surface area contributed by atoms with Crippen LogP contribution in [-0.4, -0.2) is 20.8 Å². The maximum absolute atomic E-state index is 5.17. The van der Waals surface area contributed by atoms with E-state index >= 15 is 0 Å². The highest BCUT2D eigenvalue weighted by atomic mass is 16.5. The Hall–Kier alpha value is -2.32. The lowest BCUT2D eigenvalue weighted by Gasteiger charge is -2.12. The van der Waals surface area contributed by atoms with E-state index in [9.17, 15) is 0 Å². The second-order valence-electron chi connectivity index (χ2n) is 4.63. The smallest absolute Gasteiger partial charge is 0.112 e. The Bertz CT molecular complexity index is 604. The summed E-state index contributed by atoms with van der Waals surface area (Å²) in [5, 5.41) is 0. The van der Waals surface area contributed by atoms with Gasteiger partial charge in [0.05, 0.1) is 13.7 Å². The number of methoxy groups -OCH3 is 2. The Balaban J connectivity index is 3.41. The second-order valence-corrected chi connectivity index (χ2v) is 4.63. The zero-order chi connectivity index (χ0) is 16.4. The Morgan fingerprint density at radius 1 is 1.14 bits per heavy atom. The first-order chi connectivity index (χ1) is 10.7. The molecule has 0 aliphatic carbocycles. The van der Waals surface area contributed by atoms with Crippen LogP contribution in [0.3, 0.4) is 0 Å². The van der Waals surface area contributed by atoms with Crippen LogP contribution in [-0.2, 0) is 9.47 Å². The lowest BCUT2D eigenvalue weighted by atomic mass is 9.93. The molecule has 1 aromatic carbocycles. The number of hydrogen-bond acceptors (Lipinski definition) is 2. The molecule has 0 N–H and O–H groups in total. The highest BCUT2D eigenvalue weighted by molar-refractivity contribution is 5.87. The van der Waals surface area contributed by atoms with Gasteiger partial charge in [0.2, 0.25) is 0 Å². The molecule has 22 heavy (non-hydrogen) atoms. The van der Waals surface area contributed by atoms with Gasteiger partial charge in [0.25, 0.3) is 0 Å². The predicted octanol–water partition coefficient (Wildman–Crippen LogP) is 5.02. The van der Waals surface area contributed by atoms with Gasteiger partial charge in [0, 0.05) is 7.11 Å². The molecule has 0 radical (unpaired) electrons. The van der Waals surface area contributed by atoms with E-state index < -0.39 is 0 Å². The van der Waals surface area contributed by atoms with Crippen LogP contribution in [0.5, 0.6) is 0 Å². The Morgan fingerprint density at radius 3 is 2.27 bits per heavy atom. The van der Waals surface area contributed by atoms with E-state index in [4.69, 9.17) is 9.47 Å². The number of benzene rings is 1. The van der Waals surface area contributed by atoms with Gasteiger partial charge in [-0.15, -0.1) is 0 Å². The van der Waals surface area contributed by atoms with Crippen LogP contribution in [0.1, 0.15) is 18.1 Å². The van der Waals surface area contributed by atoms with E-state index in [1.54, 1.807) is 14.2 Å². The minimum Gasteiger partial charge on any atom is -0.497 e. The lowest BCUT2D eigenvalue weighted by molar-refractivity contribution is 0.234. The first kappa shape index (κ1) is 17.7. The third kappa shape index (κ3) is 4.90. The normalized spacial score (nSPS) is 12.5. The fourth-order valence-electron chi connectivity index (χ4n) is 2.09. The molecule has 0 unspecified atom stereocenters. The molecule has 0 saturated heterocycles. The van der Waals surface area contributed by atoms with Crippen LogP contribution in [0.15, 0.2) is 73.6 Å². The van der Waals surface area contributed by atoms with Crippen molar-refractivity contribution < 1.29 is 9.47 Å². The van der Waals surface area contributed by atoms with Crippen LogP contribution in [0.4, 0.5) is 0 Å². The fraction of sp³-hybridized carbons (Fsp3) is 0.200. The van der Waals surface area contributed by atoms with E-state index in [-0.39, 0.29) is 0 Å². The minimum atomic E-state index is 0.561. The van der Waals surface area contributed by atoms with E-state index in [0.29, 0.717) is 12.4 Å². The molecule has 2 heteroatoms. The van der Waals surface area contributed by atoms with Crippen molar-refractivity contribution in [3.8, 4) is 0 Å². The molecule has 0 fully saturated rings. The van der Waals surface area contributed by atoms with E-state index in [2.05, 4.69) is 37.4 Å². The number of allylic oxidation sites excluding steroid dienone is 6. The predicted molar refractivity (Wildman–Crippen MR) is 95.4 cm³/mol. The van der Waals surface area contributed by atoms with Crippen molar-refractivity contribution in [2.45, 2.75) is 6.92 Å². The summed E-state index contributed by atoms with van der Waals surface area (Å²) in [6.45, 7) is 10.3. The van der Waals surface area contributed by atoms with Gasteiger partial charge in [-0.25, -0.2) is 0 Å². The van der Waals surface area contributed by atoms with Crippen molar-refractivity contribution in [1.29, 1.82) is 0 Å². The van der Waals surface area contributed by atoms with Crippen LogP contribution in [0, 0.1) is 0 Å². The first-order valence-electron chi connectivity index (χ1n) is 7.16. The number of rotatable bonds is 8. The van der Waals surface area contributed by atoms with Crippen molar-refractivity contribution in [2.75, 3.05) is 20.8 Å². The summed E-state index contributed by atoms with van der Waals surface area (Å²) in [6, 6.07) is 8.18. The molecule has 116 valence electrons. The number of hydrogen-bond donors (Lipinski definition) is 0. The highest BCUT2D eigenvalue weighted by Crippen LogP contribution is 2.28. The average molecular weight is 296 g/mol. The third-order valence-electron chi connectivity index (χ3n) is 3.16. The van der Waals surface area contributed by atoms with Crippen molar-refractivity contribution in [3.63, 3.8) is 0 Å². The Labute approximate surface area is 133 Å². The van der Waals surface area contributed by atoms with Gasteiger partial charge in [-0.2, -0.15) is 0 Å². The molecule has 1 aromatic rings. The Morgan fingerprint density at radius 2 is 1.77 bits per heavy atom. The molecular formula is C20H24O2. The van der Waals surface area contributed by atoms with Crippen molar-refractivity contribution in [2.24, 2.45) is 0 Å². The van der Waals surface area contributed by atoms with Gasteiger partial charge < -0.3 is 9.47 Å². The summed E-state index contributed by atoms with van der Waals surface area (Å²) in [7, 11) is 3.29. The molecule has 0 saturated carbocycles. The molecular weight excluding hydrogens is 272 g/mol. The quantitative estimate of drug-likeness (QED) is 0.495. The zero-order valence-electron chi connectivity index (χ0n) is 13.6. The van der Waals surface area contributed by atoms with Gasteiger partial charge >= 0.3 is 0 Å². The van der Waals surface area contributed by atoms with E-state index in [1.807, 2.05) is 37.3 Å². The minimum absolute atomic E-state index is 0.561. The first-order valence-corrected chi connectivity index (χ1v) is 7.16. The molecule has 1 rings (SSSR count). The summed E-state index contributed by atoms with van der Waals surface area (Å²) < 4.78 is 10.3. The van der Waals surface area contributed by atoms with Gasteiger partial charge in [0.15, 0.2) is 0 Å². The molecule has 0 heterocycles. The van der Waals surface area contributed by atoms with Gasteiger partial charge in [0.1, 0.15) is 5.76 Å². The van der Waals surface area contributed by atoms with Crippen LogP contribution < -0.4 is 0 Å². The standard InChI is InChI=1S/C20H24O2/c1-6-10-18(13-14-21-4)20-12-9-8-11-19(20)17(7-2)15-16(3)22-5/h6-13,15H,2-3,14H2,1,4-5H3/b10-6-,17-15+,18-13+. The molecule has 2 nitrogen and oxygen atoms in total. The van der Waals surface area contributed by atoms with Crippen molar-refractivity contribution in [1.82, 2.24) is 0 Å². The van der Waals surface area contributed by atoms with Crippen molar-refractivity contribution >= 4 is 11.1 Å². The van der Waals surface area contributed by atoms with E-state index in [0.717, 1.165) is 22.3 Å². The summed E-state index contributed by atoms with van der Waals surface area (Å²) in [4.78, 5) is 0. The number of ether oxygens (including phenoxy) is 2. The summed E-state index contributed by atoms with van der Waals surface area (Å²) in [5.41, 5.74) is 4.27. The van der Waals surface area contributed by atoms with Crippen LogP contribution >= 0.6 is 0 Å². The van der Waals surface area contributed by atoms with E-state index in [1.165, 1.54) is 0 Å². The van der Waals surface area contributed by atoms with Crippen molar-refractivity contribution in [3.05, 3.63) is 84.7 Å². The van der Waals surface area contributed by atoms with Gasteiger partial charge in [-0.1, -0.05) is 61.7 Å². The largest absolute Gasteiger partial charge is 0.497 e. The Kier molecular flexibility index (Phi) is 7.73. The van der Waals surface area contributed by atoms with Gasteiger partial charge in [-0.05, 0) is 35.3 Å².